The quantitative estimate of drug-likeness (QED) is 0.689. The minimum absolute atomic E-state index is 0.136. The fourth-order valence-corrected chi connectivity index (χ4v) is 4.04. The fraction of sp³-hybridized carbons (Fsp3) is 0.125. The van der Waals surface area contributed by atoms with Gasteiger partial charge in [-0.05, 0) is 49.1 Å². The Kier molecular flexibility index (Phi) is 4.29. The van der Waals surface area contributed by atoms with Gasteiger partial charge in [-0.1, -0.05) is 17.7 Å². The summed E-state index contributed by atoms with van der Waals surface area (Å²) >= 11 is 8.97. The number of hydrogen-bond acceptors (Lipinski definition) is 4. The number of aryl methyl sites for hydroxylation is 2. The third-order valence-corrected chi connectivity index (χ3v) is 5.60. The highest BCUT2D eigenvalue weighted by molar-refractivity contribution is 7.22. The van der Waals surface area contributed by atoms with E-state index in [1.807, 2.05) is 43.5 Å². The molecule has 0 fully saturated rings. The highest BCUT2D eigenvalue weighted by Gasteiger charge is 2.17. The van der Waals surface area contributed by atoms with E-state index < -0.39 is 0 Å². The largest absolute Gasteiger partial charge is 0.321 e. The van der Waals surface area contributed by atoms with E-state index in [-0.39, 0.29) is 5.91 Å². The molecule has 2 aromatic heterocycles. The van der Waals surface area contributed by atoms with Crippen molar-refractivity contribution in [3.8, 4) is 9.88 Å². The molecule has 0 bridgehead atoms. The van der Waals surface area contributed by atoms with E-state index in [9.17, 15) is 4.79 Å². The molecule has 0 saturated heterocycles. The van der Waals surface area contributed by atoms with Gasteiger partial charge in [0.15, 0.2) is 0 Å². The monoisotopic (exact) mass is 348 g/mol. The van der Waals surface area contributed by atoms with E-state index in [0.717, 1.165) is 26.8 Å². The summed E-state index contributed by atoms with van der Waals surface area (Å²) in [6.07, 6.45) is 0. The molecule has 0 aliphatic carbocycles. The number of hydrogen-bond donors (Lipinski definition) is 1. The first-order valence-corrected chi connectivity index (χ1v) is 8.71. The fourth-order valence-electron chi connectivity index (χ4n) is 2.06. The second kappa shape index (κ2) is 6.20. The van der Waals surface area contributed by atoms with E-state index >= 15 is 0 Å². The van der Waals surface area contributed by atoms with Crippen molar-refractivity contribution in [2.45, 2.75) is 13.8 Å². The van der Waals surface area contributed by atoms with Gasteiger partial charge in [-0.2, -0.15) is 0 Å². The lowest BCUT2D eigenvalue weighted by atomic mass is 10.2. The normalized spacial score (nSPS) is 10.7. The summed E-state index contributed by atoms with van der Waals surface area (Å²) < 4.78 is 0. The summed E-state index contributed by atoms with van der Waals surface area (Å²) in [6.45, 7) is 3.77. The molecule has 0 aliphatic rings. The minimum atomic E-state index is -0.136. The number of carbonyl (C=O) groups excluding carboxylic acids is 1. The molecule has 1 amide bonds. The Bertz CT molecular complexity index is 825. The van der Waals surface area contributed by atoms with Crippen LogP contribution in [0.25, 0.3) is 9.88 Å². The van der Waals surface area contributed by atoms with Gasteiger partial charge >= 0.3 is 0 Å². The van der Waals surface area contributed by atoms with Crippen LogP contribution in [0.1, 0.15) is 20.9 Å². The van der Waals surface area contributed by atoms with Crippen molar-refractivity contribution in [3.05, 3.63) is 56.9 Å². The van der Waals surface area contributed by atoms with E-state index in [1.54, 1.807) is 17.4 Å². The van der Waals surface area contributed by atoms with Gasteiger partial charge in [-0.15, -0.1) is 22.7 Å². The number of carbonyl (C=O) groups is 1. The molecule has 3 aromatic rings. The number of nitrogens with one attached hydrogen (secondary N) is 1. The Hall–Kier alpha value is -1.69. The number of nitrogens with zero attached hydrogens (tertiary/aromatic N) is 1. The molecule has 3 nitrogen and oxygen atoms in total. The summed E-state index contributed by atoms with van der Waals surface area (Å²) in [7, 11) is 0. The average molecular weight is 349 g/mol. The van der Waals surface area contributed by atoms with Crippen LogP contribution in [0, 0.1) is 13.8 Å². The van der Waals surface area contributed by atoms with Crippen molar-refractivity contribution in [2.75, 3.05) is 5.32 Å². The third kappa shape index (κ3) is 3.06. The molecule has 1 N–H and O–H groups in total. The van der Waals surface area contributed by atoms with Crippen LogP contribution in [-0.4, -0.2) is 10.9 Å². The van der Waals surface area contributed by atoms with Crippen LogP contribution in [0.2, 0.25) is 5.02 Å². The Labute approximate surface area is 141 Å². The van der Waals surface area contributed by atoms with Crippen LogP contribution in [0.4, 0.5) is 5.69 Å². The number of amides is 1. The number of aromatic nitrogens is 1. The van der Waals surface area contributed by atoms with Gasteiger partial charge in [0.2, 0.25) is 0 Å². The van der Waals surface area contributed by atoms with Gasteiger partial charge in [0.25, 0.3) is 5.91 Å². The number of halogens is 1. The van der Waals surface area contributed by atoms with Gasteiger partial charge in [0, 0.05) is 10.7 Å². The average Bonchev–Trinajstić information content (AvgIpc) is 3.10. The standard InChI is InChI=1S/C16H13ClN2OS2/c1-9-8-11(17)5-6-12(9)19-15(20)14-10(2)18-16(22-14)13-4-3-7-21-13/h3-8H,1-2H3,(H,19,20). The molecule has 6 heteroatoms. The van der Waals surface area contributed by atoms with Crippen molar-refractivity contribution in [3.63, 3.8) is 0 Å². The smallest absolute Gasteiger partial charge is 0.267 e. The molecule has 0 unspecified atom stereocenters. The number of anilines is 1. The van der Waals surface area contributed by atoms with Crippen LogP contribution in [-0.2, 0) is 0 Å². The summed E-state index contributed by atoms with van der Waals surface area (Å²) in [6, 6.07) is 9.39. The number of rotatable bonds is 3. The number of thiazole rings is 1. The Morgan fingerprint density at radius 3 is 2.77 bits per heavy atom. The zero-order valence-corrected chi connectivity index (χ0v) is 14.4. The Morgan fingerprint density at radius 1 is 1.27 bits per heavy atom. The maximum absolute atomic E-state index is 12.5. The summed E-state index contributed by atoms with van der Waals surface area (Å²) in [5.41, 5.74) is 2.44. The first-order valence-electron chi connectivity index (χ1n) is 6.63. The Morgan fingerprint density at radius 2 is 2.09 bits per heavy atom. The molecule has 0 radical (unpaired) electrons. The molecule has 112 valence electrons. The van der Waals surface area contributed by atoms with Gasteiger partial charge in [0.05, 0.1) is 10.6 Å². The molecule has 3 rings (SSSR count). The Balaban J connectivity index is 1.86. The van der Waals surface area contributed by atoms with Crippen molar-refractivity contribution >= 4 is 45.9 Å². The number of thiophene rings is 1. The van der Waals surface area contributed by atoms with Crippen LogP contribution >= 0.6 is 34.3 Å². The van der Waals surface area contributed by atoms with Gasteiger partial charge in [-0.3, -0.25) is 4.79 Å². The lowest BCUT2D eigenvalue weighted by Crippen LogP contribution is -2.12. The maximum Gasteiger partial charge on any atom is 0.267 e. The first kappa shape index (κ1) is 15.2. The summed E-state index contributed by atoms with van der Waals surface area (Å²) in [4.78, 5) is 18.7. The summed E-state index contributed by atoms with van der Waals surface area (Å²) in [5, 5.41) is 6.47. The molecule has 0 aliphatic heterocycles. The first-order chi connectivity index (χ1) is 10.5. The molecule has 2 heterocycles. The van der Waals surface area contributed by atoms with Crippen molar-refractivity contribution < 1.29 is 4.79 Å². The minimum Gasteiger partial charge on any atom is -0.321 e. The van der Waals surface area contributed by atoms with Crippen molar-refractivity contribution in [1.82, 2.24) is 4.98 Å². The van der Waals surface area contributed by atoms with E-state index in [4.69, 9.17) is 11.6 Å². The van der Waals surface area contributed by atoms with Crippen LogP contribution in [0.5, 0.6) is 0 Å². The second-order valence-electron chi connectivity index (χ2n) is 4.82. The zero-order valence-electron chi connectivity index (χ0n) is 12.0. The number of benzene rings is 1. The second-order valence-corrected chi connectivity index (χ2v) is 7.21. The van der Waals surface area contributed by atoms with Crippen LogP contribution in [0.3, 0.4) is 0 Å². The van der Waals surface area contributed by atoms with Crippen LogP contribution < -0.4 is 5.32 Å². The molecule has 0 atom stereocenters. The van der Waals surface area contributed by atoms with Crippen LogP contribution in [0.15, 0.2) is 35.7 Å². The van der Waals surface area contributed by atoms with Crippen molar-refractivity contribution in [1.29, 1.82) is 0 Å². The van der Waals surface area contributed by atoms with Gasteiger partial charge < -0.3 is 5.32 Å². The lowest BCUT2D eigenvalue weighted by Gasteiger charge is -2.07. The van der Waals surface area contributed by atoms with E-state index in [0.29, 0.717) is 9.90 Å². The molecular weight excluding hydrogens is 336 g/mol. The highest BCUT2D eigenvalue weighted by atomic mass is 35.5. The maximum atomic E-state index is 12.5. The van der Waals surface area contributed by atoms with Gasteiger partial charge in [-0.25, -0.2) is 4.98 Å². The van der Waals surface area contributed by atoms with E-state index in [1.165, 1.54) is 11.3 Å². The summed E-state index contributed by atoms with van der Waals surface area (Å²) in [5.74, 6) is -0.136. The predicted octanol–water partition coefficient (Wildman–Crippen LogP) is 5.39. The molecular formula is C16H13ClN2OS2. The molecule has 0 saturated carbocycles. The zero-order chi connectivity index (χ0) is 15.7. The SMILES string of the molecule is Cc1cc(Cl)ccc1NC(=O)c1sc(-c2cccs2)nc1C. The van der Waals surface area contributed by atoms with Gasteiger partial charge in [0.1, 0.15) is 9.88 Å². The van der Waals surface area contributed by atoms with E-state index in [2.05, 4.69) is 10.3 Å². The molecule has 22 heavy (non-hydrogen) atoms. The lowest BCUT2D eigenvalue weighted by molar-refractivity contribution is 0.102. The predicted molar refractivity (Wildman–Crippen MR) is 94.3 cm³/mol. The third-order valence-electron chi connectivity index (χ3n) is 3.17. The highest BCUT2D eigenvalue weighted by Crippen LogP contribution is 2.31. The topological polar surface area (TPSA) is 42.0 Å². The molecule has 1 aromatic carbocycles. The molecule has 0 spiro atoms. The van der Waals surface area contributed by atoms with Crippen molar-refractivity contribution in [2.24, 2.45) is 0 Å².